The molecule has 0 amide bonds. The number of nitrogens with zero attached hydrogens (tertiary/aromatic N) is 5. The lowest BCUT2D eigenvalue weighted by atomic mass is 10.1. The first-order chi connectivity index (χ1) is 22.0. The van der Waals surface area contributed by atoms with Gasteiger partial charge in [0, 0.05) is 62.8 Å². The highest BCUT2D eigenvalue weighted by Gasteiger charge is 2.41. The van der Waals surface area contributed by atoms with E-state index < -0.39 is 8.07 Å². The lowest BCUT2D eigenvalue weighted by Crippen LogP contribution is -2.44. The normalized spacial score (nSPS) is 16.5. The van der Waals surface area contributed by atoms with Crippen LogP contribution in [0.1, 0.15) is 79.2 Å². The maximum Gasteiger partial charge on any atom is 0.253 e. The highest BCUT2D eigenvalue weighted by Crippen LogP contribution is 2.41. The first kappa shape index (κ1) is 34.0. The van der Waals surface area contributed by atoms with Crippen LogP contribution in [0.25, 0.3) is 11.0 Å². The summed E-state index contributed by atoms with van der Waals surface area (Å²) in [6, 6.07) is 7.93. The van der Waals surface area contributed by atoms with Crippen LogP contribution in [0.15, 0.2) is 35.3 Å². The van der Waals surface area contributed by atoms with Gasteiger partial charge in [0.15, 0.2) is 0 Å². The molecule has 2 fully saturated rings. The molecule has 3 aromatic rings. The second-order valence-electron chi connectivity index (χ2n) is 14.4. The fourth-order valence-electron chi connectivity index (χ4n) is 7.77. The van der Waals surface area contributed by atoms with Crippen molar-refractivity contribution in [3.63, 3.8) is 0 Å². The highest BCUT2D eigenvalue weighted by atomic mass is 28.3. The fourth-order valence-corrected chi connectivity index (χ4v) is 13.0. The van der Waals surface area contributed by atoms with Gasteiger partial charge in [0.1, 0.15) is 19.5 Å². The summed E-state index contributed by atoms with van der Waals surface area (Å²) in [7, 11) is 1.96. The zero-order chi connectivity index (χ0) is 33.0. The second-order valence-corrected chi connectivity index (χ2v) is 20.0. The van der Waals surface area contributed by atoms with E-state index in [1.807, 2.05) is 0 Å². The van der Waals surface area contributed by atoms with Gasteiger partial charge in [-0.1, -0.05) is 73.1 Å². The van der Waals surface area contributed by atoms with E-state index in [1.54, 1.807) is 23.9 Å². The summed E-state index contributed by atoms with van der Waals surface area (Å²) in [5, 5.41) is 4.19. The van der Waals surface area contributed by atoms with Gasteiger partial charge in [-0.25, -0.2) is 4.98 Å². The maximum absolute atomic E-state index is 13.1. The maximum atomic E-state index is 13.1. The number of rotatable bonds is 10. The molecule has 1 aliphatic carbocycles. The predicted molar refractivity (Wildman–Crippen MR) is 194 cm³/mol. The fraction of sp³-hybridized carbons (Fsp3) is 0.595. The molecule has 0 atom stereocenters. The van der Waals surface area contributed by atoms with Crippen molar-refractivity contribution in [3.05, 3.63) is 46.4 Å². The van der Waals surface area contributed by atoms with Crippen LogP contribution in [0.2, 0.25) is 16.6 Å². The zero-order valence-corrected chi connectivity index (χ0v) is 30.3. The summed E-state index contributed by atoms with van der Waals surface area (Å²) in [4.78, 5) is 27.4. The van der Waals surface area contributed by atoms with Crippen LogP contribution in [0.5, 0.6) is 5.75 Å². The average Bonchev–Trinajstić information content (AvgIpc) is 3.54. The number of hydrogen-bond acceptors (Lipinski definition) is 7. The number of anilines is 3. The van der Waals surface area contributed by atoms with Crippen molar-refractivity contribution in [2.75, 3.05) is 50.1 Å². The van der Waals surface area contributed by atoms with Crippen LogP contribution in [0.4, 0.5) is 17.3 Å². The molecule has 46 heavy (non-hydrogen) atoms. The van der Waals surface area contributed by atoms with E-state index in [1.165, 1.54) is 25.7 Å². The van der Waals surface area contributed by atoms with Crippen molar-refractivity contribution in [2.45, 2.75) is 90.3 Å². The van der Waals surface area contributed by atoms with Crippen molar-refractivity contribution in [1.82, 2.24) is 19.4 Å². The summed E-state index contributed by atoms with van der Waals surface area (Å²) >= 11 is 0. The van der Waals surface area contributed by atoms with Gasteiger partial charge in [-0.15, -0.1) is 5.54 Å². The molecule has 1 aliphatic heterocycles. The smallest absolute Gasteiger partial charge is 0.253 e. The number of pyridine rings is 1. The minimum Gasteiger partial charge on any atom is -0.491 e. The van der Waals surface area contributed by atoms with Crippen molar-refractivity contribution in [2.24, 2.45) is 13.0 Å². The molecule has 9 heteroatoms. The number of hydrogen-bond donors (Lipinski definition) is 1. The zero-order valence-electron chi connectivity index (χ0n) is 29.3. The van der Waals surface area contributed by atoms with Crippen molar-refractivity contribution in [1.29, 1.82) is 0 Å². The predicted octanol–water partition coefficient (Wildman–Crippen LogP) is 7.35. The van der Waals surface area contributed by atoms with Crippen LogP contribution < -0.4 is 20.5 Å². The molecule has 1 saturated heterocycles. The number of aromatic nitrogens is 3. The third-order valence-corrected chi connectivity index (χ3v) is 16.9. The van der Waals surface area contributed by atoms with Gasteiger partial charge in [0.05, 0.1) is 17.7 Å². The Bertz CT molecular complexity index is 1600. The van der Waals surface area contributed by atoms with Crippen LogP contribution >= 0.6 is 0 Å². The van der Waals surface area contributed by atoms with E-state index in [0.717, 1.165) is 67.6 Å². The molecule has 2 aliphatic rings. The molecule has 0 bridgehead atoms. The molecule has 0 radical (unpaired) electrons. The van der Waals surface area contributed by atoms with Gasteiger partial charge < -0.3 is 19.9 Å². The van der Waals surface area contributed by atoms with Gasteiger partial charge in [-0.3, -0.25) is 9.36 Å². The molecular formula is C37H54N6O2Si. The standard InChI is InChI=1S/C37H54N6O2Si/c1-26(2)46(27(3)4,28(5)6)22-16-30-23-35(44)42(8)36-32(30)25-38-37(40-36)39-31-13-14-33(43-19-17-41(7)18-20-43)34(24-31)45-21-15-29-11-9-10-12-29/h13-14,23-29H,9-12,15,17-21H2,1-8H3,(H,38,39,40). The lowest BCUT2D eigenvalue weighted by molar-refractivity contribution is 0.276. The Kier molecular flexibility index (Phi) is 10.8. The number of piperazine rings is 1. The Hall–Kier alpha value is -3.35. The van der Waals surface area contributed by atoms with E-state index in [-0.39, 0.29) is 5.56 Å². The van der Waals surface area contributed by atoms with Crippen LogP contribution in [0.3, 0.4) is 0 Å². The molecule has 0 spiro atoms. The Morgan fingerprint density at radius 2 is 1.65 bits per heavy atom. The van der Waals surface area contributed by atoms with Crippen molar-refractivity contribution in [3.8, 4) is 17.2 Å². The molecule has 3 heterocycles. The van der Waals surface area contributed by atoms with E-state index >= 15 is 0 Å². The molecule has 0 unspecified atom stereocenters. The first-order valence-corrected chi connectivity index (χ1v) is 19.6. The Morgan fingerprint density at radius 3 is 2.30 bits per heavy atom. The van der Waals surface area contributed by atoms with Crippen LogP contribution in [-0.4, -0.2) is 67.3 Å². The molecule has 2 aromatic heterocycles. The lowest BCUT2D eigenvalue weighted by Gasteiger charge is -2.38. The number of aryl methyl sites for hydroxylation is 1. The van der Waals surface area contributed by atoms with Gasteiger partial charge in [0.25, 0.3) is 5.56 Å². The molecule has 8 nitrogen and oxygen atoms in total. The summed E-state index contributed by atoms with van der Waals surface area (Å²) in [5.74, 6) is 5.58. The summed E-state index contributed by atoms with van der Waals surface area (Å²) < 4.78 is 8.07. The molecule has 1 N–H and O–H groups in total. The van der Waals surface area contributed by atoms with Gasteiger partial charge >= 0.3 is 0 Å². The molecule has 248 valence electrons. The SMILES string of the molecule is CC(C)[Si](C#Cc1cc(=O)n(C)c2nc(Nc3ccc(N4CCN(C)CC4)c(OCCC4CCCC4)c3)ncc12)(C(C)C)C(C)C. The van der Waals surface area contributed by atoms with Crippen molar-refractivity contribution < 1.29 is 4.74 Å². The Balaban J connectivity index is 1.44. The number of benzene rings is 1. The largest absolute Gasteiger partial charge is 0.491 e. The van der Waals surface area contributed by atoms with Crippen molar-refractivity contribution >= 4 is 36.4 Å². The molecule has 5 rings (SSSR count). The number of fused-ring (bicyclic) bond motifs is 1. The molecule has 1 saturated carbocycles. The minimum atomic E-state index is -1.98. The van der Waals surface area contributed by atoms with E-state index in [4.69, 9.17) is 14.7 Å². The van der Waals surface area contributed by atoms with Crippen LogP contribution in [0, 0.1) is 17.4 Å². The van der Waals surface area contributed by atoms with Gasteiger partial charge in [-0.2, -0.15) is 4.98 Å². The summed E-state index contributed by atoms with van der Waals surface area (Å²) in [6.07, 6.45) is 8.23. The first-order valence-electron chi connectivity index (χ1n) is 17.4. The summed E-state index contributed by atoms with van der Waals surface area (Å²) in [6.45, 7) is 18.5. The number of ether oxygens (including phenoxy) is 1. The third kappa shape index (κ3) is 7.29. The monoisotopic (exact) mass is 642 g/mol. The summed E-state index contributed by atoms with van der Waals surface area (Å²) in [5.41, 5.74) is 8.43. The van der Waals surface area contributed by atoms with Crippen LogP contribution in [-0.2, 0) is 7.05 Å². The van der Waals surface area contributed by atoms with Gasteiger partial charge in [-0.05, 0) is 48.1 Å². The second kappa shape index (κ2) is 14.6. The van der Waals surface area contributed by atoms with E-state index in [9.17, 15) is 4.79 Å². The Morgan fingerprint density at radius 1 is 0.978 bits per heavy atom. The topological polar surface area (TPSA) is 75.5 Å². The van der Waals surface area contributed by atoms with Gasteiger partial charge in [0.2, 0.25) is 5.95 Å². The molecule has 1 aromatic carbocycles. The average molecular weight is 643 g/mol. The van der Waals surface area contributed by atoms with E-state index in [2.05, 4.69) is 93.4 Å². The highest BCUT2D eigenvalue weighted by molar-refractivity contribution is 6.90. The Labute approximate surface area is 277 Å². The number of likely N-dealkylation sites (N-methyl/N-ethyl adjacent to an activating group) is 1. The number of nitrogens with one attached hydrogen (secondary N) is 1. The molecular weight excluding hydrogens is 589 g/mol. The minimum absolute atomic E-state index is 0.123. The van der Waals surface area contributed by atoms with E-state index in [0.29, 0.717) is 33.8 Å². The third-order valence-electron chi connectivity index (χ3n) is 10.6. The quantitative estimate of drug-likeness (QED) is 0.183.